The minimum absolute atomic E-state index is 0.973. The zero-order valence-electron chi connectivity index (χ0n) is 15.5. The van der Waals surface area contributed by atoms with Crippen LogP contribution in [-0.4, -0.2) is 45.9 Å². The van der Waals surface area contributed by atoms with Gasteiger partial charge in [0.15, 0.2) is 0 Å². The molecule has 0 saturated carbocycles. The van der Waals surface area contributed by atoms with Crippen molar-refractivity contribution in [3.05, 3.63) is 47.3 Å². The van der Waals surface area contributed by atoms with E-state index in [1.54, 1.807) is 0 Å². The van der Waals surface area contributed by atoms with Gasteiger partial charge in [0.05, 0.1) is 11.4 Å². The van der Waals surface area contributed by atoms with Gasteiger partial charge in [-0.25, -0.2) is 0 Å². The first-order valence-corrected chi connectivity index (χ1v) is 8.33. The summed E-state index contributed by atoms with van der Waals surface area (Å²) in [7, 11) is 3.73. The first-order chi connectivity index (χ1) is 11.8. The van der Waals surface area contributed by atoms with Crippen LogP contribution < -0.4 is 0 Å². The summed E-state index contributed by atoms with van der Waals surface area (Å²) in [5.74, 6) is -2.93. The molecule has 0 atom stereocenters. The maximum atomic E-state index is 7.56. The molecule has 1 rings (SSSR count). The van der Waals surface area contributed by atoms with Crippen LogP contribution in [0.5, 0.6) is 0 Å². The van der Waals surface area contributed by atoms with Crippen LogP contribution in [0.3, 0.4) is 0 Å². The lowest BCUT2D eigenvalue weighted by Crippen LogP contribution is -2.13. The van der Waals surface area contributed by atoms with Gasteiger partial charge in [0, 0.05) is 14.1 Å². The van der Waals surface area contributed by atoms with E-state index in [0.717, 1.165) is 25.0 Å². The van der Waals surface area contributed by atoms with E-state index in [2.05, 4.69) is 48.1 Å². The molecule has 0 spiro atoms. The normalized spacial score (nSPS) is 11.5. The second kappa shape index (κ2) is 12.9. The van der Waals surface area contributed by atoms with Crippen LogP contribution in [-0.2, 0) is 6.42 Å². The molecule has 0 aliphatic heterocycles. The number of rotatable bonds is 7. The molecule has 4 N–H and O–H groups in total. The highest BCUT2D eigenvalue weighted by Crippen LogP contribution is 2.09. The molecule has 0 amide bonds. The van der Waals surface area contributed by atoms with Crippen molar-refractivity contribution < 1.29 is 20.4 Å². The van der Waals surface area contributed by atoms with Gasteiger partial charge in [0.1, 0.15) is 0 Å². The van der Waals surface area contributed by atoms with Crippen molar-refractivity contribution in [3.8, 4) is 0 Å². The van der Waals surface area contributed by atoms with E-state index in [1.165, 1.54) is 29.7 Å². The number of hydrogen-bond acceptors (Lipinski definition) is 6. The molecule has 0 aliphatic rings. The molecule has 1 aromatic carbocycles. The topological polar surface area (TPSA) is 106 Å². The van der Waals surface area contributed by atoms with Gasteiger partial charge in [-0.3, -0.25) is 9.98 Å². The molecule has 0 unspecified atom stereocenters. The SMILES string of the molecule is CCC(=NC)C(CCCCc1ccc(C)cc1)=NC.OC(O)=C(O)O. The number of hydrogen-bond donors (Lipinski definition) is 4. The summed E-state index contributed by atoms with van der Waals surface area (Å²) < 4.78 is 0. The van der Waals surface area contributed by atoms with Gasteiger partial charge in [-0.15, -0.1) is 0 Å². The molecule has 0 saturated heterocycles. The van der Waals surface area contributed by atoms with Crippen LogP contribution in [0.2, 0.25) is 0 Å². The van der Waals surface area contributed by atoms with Crippen LogP contribution in [0.1, 0.15) is 43.7 Å². The Morgan fingerprint density at radius 2 is 1.36 bits per heavy atom. The summed E-state index contributed by atoms with van der Waals surface area (Å²) >= 11 is 0. The monoisotopic (exact) mass is 350 g/mol. The number of benzene rings is 1. The lowest BCUT2D eigenvalue weighted by atomic mass is 10.0. The molecular weight excluding hydrogens is 320 g/mol. The number of aliphatic hydroxyl groups excluding tert-OH is 2. The molecule has 0 fully saturated rings. The van der Waals surface area contributed by atoms with Crippen LogP contribution >= 0.6 is 0 Å². The molecule has 0 aromatic heterocycles. The van der Waals surface area contributed by atoms with Crippen molar-refractivity contribution in [2.75, 3.05) is 14.1 Å². The standard InChI is InChI=1S/C17H26N2.C2H4O4/c1-5-16(18-3)17(19-4)9-7-6-8-15-12-10-14(2)11-13-15;3-1(4)2(5)6/h10-13H,5-9H2,1-4H3;3-6H. The fourth-order valence-electron chi connectivity index (χ4n) is 2.25. The summed E-state index contributed by atoms with van der Waals surface area (Å²) in [5.41, 5.74) is 5.09. The van der Waals surface area contributed by atoms with Gasteiger partial charge in [-0.1, -0.05) is 36.8 Å². The van der Waals surface area contributed by atoms with Gasteiger partial charge in [-0.2, -0.15) is 0 Å². The molecule has 25 heavy (non-hydrogen) atoms. The number of unbranched alkanes of at least 4 members (excludes halogenated alkanes) is 1. The lowest BCUT2D eigenvalue weighted by molar-refractivity contribution is 0.0883. The third-order valence-electron chi connectivity index (χ3n) is 3.66. The van der Waals surface area contributed by atoms with Crippen molar-refractivity contribution in [2.24, 2.45) is 9.98 Å². The minimum atomic E-state index is -1.46. The predicted octanol–water partition coefficient (Wildman–Crippen LogP) is 4.60. The van der Waals surface area contributed by atoms with E-state index in [4.69, 9.17) is 20.4 Å². The second-order valence-corrected chi connectivity index (χ2v) is 5.53. The zero-order chi connectivity index (χ0) is 19.2. The Morgan fingerprint density at radius 3 is 1.76 bits per heavy atom. The highest BCUT2D eigenvalue weighted by atomic mass is 16.5. The maximum Gasteiger partial charge on any atom is 0.358 e. The largest absolute Gasteiger partial charge is 0.476 e. The third kappa shape index (κ3) is 10.1. The van der Waals surface area contributed by atoms with Crippen molar-refractivity contribution in [3.63, 3.8) is 0 Å². The first kappa shape index (κ1) is 22.5. The summed E-state index contributed by atoms with van der Waals surface area (Å²) in [6.07, 6.45) is 5.56. The molecular formula is C19H30N2O4. The van der Waals surface area contributed by atoms with Gasteiger partial charge in [0.25, 0.3) is 0 Å². The summed E-state index contributed by atoms with van der Waals surface area (Å²) in [5, 5.41) is 30.3. The fraction of sp³-hybridized carbons (Fsp3) is 0.474. The van der Waals surface area contributed by atoms with E-state index < -0.39 is 11.9 Å². The fourth-order valence-corrected chi connectivity index (χ4v) is 2.25. The Balaban J connectivity index is 0.000000823. The highest BCUT2D eigenvalue weighted by molar-refractivity contribution is 6.42. The van der Waals surface area contributed by atoms with Crippen LogP contribution in [0, 0.1) is 6.92 Å². The number of nitrogens with zero attached hydrogens (tertiary/aromatic N) is 2. The summed E-state index contributed by atoms with van der Waals surface area (Å²) in [6, 6.07) is 8.84. The van der Waals surface area contributed by atoms with E-state index >= 15 is 0 Å². The Morgan fingerprint density at radius 1 is 0.840 bits per heavy atom. The van der Waals surface area contributed by atoms with E-state index in [1.807, 2.05) is 14.1 Å². The highest BCUT2D eigenvalue weighted by Gasteiger charge is 2.05. The van der Waals surface area contributed by atoms with Gasteiger partial charge >= 0.3 is 11.9 Å². The van der Waals surface area contributed by atoms with Crippen LogP contribution in [0.15, 0.2) is 46.1 Å². The molecule has 0 bridgehead atoms. The molecule has 0 radical (unpaired) electrons. The lowest BCUT2D eigenvalue weighted by Gasteiger charge is -2.07. The molecule has 0 aliphatic carbocycles. The number of aryl methyl sites for hydroxylation is 2. The first-order valence-electron chi connectivity index (χ1n) is 8.33. The van der Waals surface area contributed by atoms with Crippen LogP contribution in [0.4, 0.5) is 0 Å². The van der Waals surface area contributed by atoms with Gasteiger partial charge in [-0.05, 0) is 44.6 Å². The van der Waals surface area contributed by atoms with E-state index in [-0.39, 0.29) is 0 Å². The quantitative estimate of drug-likeness (QED) is 0.327. The molecule has 1 aromatic rings. The predicted molar refractivity (Wildman–Crippen MR) is 103 cm³/mol. The van der Waals surface area contributed by atoms with Crippen molar-refractivity contribution >= 4 is 11.4 Å². The number of aliphatic imine (C=N–C) groups is 2. The van der Waals surface area contributed by atoms with Gasteiger partial charge < -0.3 is 20.4 Å². The average molecular weight is 350 g/mol. The molecule has 6 nitrogen and oxygen atoms in total. The van der Waals surface area contributed by atoms with Crippen molar-refractivity contribution in [2.45, 2.75) is 46.0 Å². The van der Waals surface area contributed by atoms with Crippen LogP contribution in [0.25, 0.3) is 0 Å². The molecule has 140 valence electrons. The molecule has 0 heterocycles. The van der Waals surface area contributed by atoms with E-state index in [0.29, 0.717) is 0 Å². The Kier molecular flexibility index (Phi) is 11.6. The smallest absolute Gasteiger partial charge is 0.358 e. The molecule has 6 heteroatoms. The number of aliphatic hydroxyl groups is 4. The second-order valence-electron chi connectivity index (χ2n) is 5.53. The van der Waals surface area contributed by atoms with Crippen molar-refractivity contribution in [1.82, 2.24) is 0 Å². The Bertz CT molecular complexity index is 572. The summed E-state index contributed by atoms with van der Waals surface area (Å²) in [6.45, 7) is 4.27. The Labute approximate surface area is 149 Å². The minimum Gasteiger partial charge on any atom is -0.476 e. The zero-order valence-corrected chi connectivity index (χ0v) is 15.5. The van der Waals surface area contributed by atoms with Gasteiger partial charge in [0.2, 0.25) is 0 Å². The maximum absolute atomic E-state index is 7.56. The van der Waals surface area contributed by atoms with Crippen molar-refractivity contribution in [1.29, 1.82) is 0 Å². The Hall–Kier alpha value is -2.50. The van der Waals surface area contributed by atoms with E-state index in [9.17, 15) is 0 Å². The summed E-state index contributed by atoms with van der Waals surface area (Å²) in [4.78, 5) is 8.68. The third-order valence-corrected chi connectivity index (χ3v) is 3.66. The average Bonchev–Trinajstić information content (AvgIpc) is 2.59.